The minimum Gasteiger partial charge on any atom is -0.389 e. The maximum Gasteiger partial charge on any atom is 0.0772 e. The van der Waals surface area contributed by atoms with Gasteiger partial charge in [0.2, 0.25) is 0 Å². The molecule has 1 aromatic rings. The summed E-state index contributed by atoms with van der Waals surface area (Å²) in [5, 5.41) is 9.63. The zero-order valence-corrected chi connectivity index (χ0v) is 12.6. The Labute approximate surface area is 117 Å². The predicted molar refractivity (Wildman–Crippen MR) is 77.0 cm³/mol. The summed E-state index contributed by atoms with van der Waals surface area (Å²) in [7, 11) is 0. The van der Waals surface area contributed by atoms with Gasteiger partial charge >= 0.3 is 0 Å². The normalized spacial score (nSPS) is 26.2. The van der Waals surface area contributed by atoms with Gasteiger partial charge in [-0.2, -0.15) is 0 Å². The van der Waals surface area contributed by atoms with Crippen LogP contribution in [0.4, 0.5) is 5.69 Å². The molecule has 3 atom stereocenters. The van der Waals surface area contributed by atoms with E-state index in [9.17, 15) is 5.11 Å². The molecular weight excluding hydrogens is 294 g/mol. The van der Waals surface area contributed by atoms with Crippen LogP contribution in [0.25, 0.3) is 0 Å². The van der Waals surface area contributed by atoms with Gasteiger partial charge in [0.1, 0.15) is 0 Å². The van der Waals surface area contributed by atoms with E-state index in [0.29, 0.717) is 0 Å². The van der Waals surface area contributed by atoms with E-state index >= 15 is 0 Å². The lowest BCUT2D eigenvalue weighted by Crippen LogP contribution is -2.45. The number of anilines is 1. The Balaban J connectivity index is 2.21. The number of rotatable bonds is 2. The van der Waals surface area contributed by atoms with Crippen molar-refractivity contribution in [2.24, 2.45) is 0 Å². The van der Waals surface area contributed by atoms with Gasteiger partial charge in [-0.15, -0.1) is 0 Å². The summed E-state index contributed by atoms with van der Waals surface area (Å²) in [4.78, 5) is 2.33. The summed E-state index contributed by atoms with van der Waals surface area (Å²) in [5.41, 5.74) is 2.10. The molecule has 0 radical (unpaired) electrons. The number of benzene rings is 1. The monoisotopic (exact) mass is 313 g/mol. The first-order chi connectivity index (χ1) is 8.47. The van der Waals surface area contributed by atoms with Crippen molar-refractivity contribution in [2.45, 2.75) is 39.1 Å². The zero-order valence-electron chi connectivity index (χ0n) is 11.1. The van der Waals surface area contributed by atoms with E-state index < -0.39 is 6.10 Å². The SMILES string of the molecule is CC1CN(c2ccc(C(C)O)c(Br)c2)CC(C)O1. The van der Waals surface area contributed by atoms with Crippen LogP contribution >= 0.6 is 15.9 Å². The van der Waals surface area contributed by atoms with Gasteiger partial charge in [0.15, 0.2) is 0 Å². The Morgan fingerprint density at radius 2 is 1.94 bits per heavy atom. The van der Waals surface area contributed by atoms with Gasteiger partial charge in [-0.25, -0.2) is 0 Å². The molecule has 0 spiro atoms. The number of aliphatic hydroxyl groups is 1. The Morgan fingerprint density at radius 1 is 1.33 bits per heavy atom. The van der Waals surface area contributed by atoms with Gasteiger partial charge < -0.3 is 14.7 Å². The van der Waals surface area contributed by atoms with Crippen molar-refractivity contribution in [1.82, 2.24) is 0 Å². The van der Waals surface area contributed by atoms with E-state index in [1.54, 1.807) is 6.92 Å². The Morgan fingerprint density at radius 3 is 2.44 bits per heavy atom. The minimum atomic E-state index is -0.448. The van der Waals surface area contributed by atoms with Gasteiger partial charge in [0.25, 0.3) is 0 Å². The van der Waals surface area contributed by atoms with Crippen LogP contribution < -0.4 is 4.90 Å². The average Bonchev–Trinajstić information content (AvgIpc) is 2.26. The molecule has 1 heterocycles. The fraction of sp³-hybridized carbons (Fsp3) is 0.571. The Hall–Kier alpha value is -0.580. The number of hydrogen-bond donors (Lipinski definition) is 1. The fourth-order valence-corrected chi connectivity index (χ4v) is 3.14. The Kier molecular flexibility index (Phi) is 4.30. The molecule has 3 unspecified atom stereocenters. The molecule has 1 aliphatic rings. The quantitative estimate of drug-likeness (QED) is 0.910. The van der Waals surface area contributed by atoms with Crippen LogP contribution in [0, 0.1) is 0 Å². The van der Waals surface area contributed by atoms with E-state index in [0.717, 1.165) is 23.1 Å². The number of morpholine rings is 1. The third-order valence-corrected chi connectivity index (χ3v) is 3.91. The van der Waals surface area contributed by atoms with E-state index in [1.165, 1.54) is 5.69 Å². The van der Waals surface area contributed by atoms with E-state index in [4.69, 9.17) is 4.74 Å². The second-order valence-corrected chi connectivity index (χ2v) is 5.90. The zero-order chi connectivity index (χ0) is 13.3. The summed E-state index contributed by atoms with van der Waals surface area (Å²) in [6.07, 6.45) is 0.0592. The smallest absolute Gasteiger partial charge is 0.0772 e. The lowest BCUT2D eigenvalue weighted by molar-refractivity contribution is -0.00522. The summed E-state index contributed by atoms with van der Waals surface area (Å²) in [6.45, 7) is 7.79. The van der Waals surface area contributed by atoms with Crippen molar-refractivity contribution in [3.63, 3.8) is 0 Å². The molecule has 0 aliphatic carbocycles. The molecule has 3 nitrogen and oxygen atoms in total. The second-order valence-electron chi connectivity index (χ2n) is 5.04. The molecule has 2 rings (SSSR count). The van der Waals surface area contributed by atoms with Crippen LogP contribution in [0.1, 0.15) is 32.4 Å². The number of aliphatic hydroxyl groups excluding tert-OH is 1. The van der Waals surface area contributed by atoms with Crippen LogP contribution in [-0.4, -0.2) is 30.4 Å². The molecule has 100 valence electrons. The fourth-order valence-electron chi connectivity index (χ4n) is 2.44. The van der Waals surface area contributed by atoms with Crippen LogP contribution in [0.2, 0.25) is 0 Å². The molecule has 1 N–H and O–H groups in total. The molecule has 4 heteroatoms. The third kappa shape index (κ3) is 3.05. The van der Waals surface area contributed by atoms with E-state index in [2.05, 4.69) is 46.8 Å². The summed E-state index contributed by atoms with van der Waals surface area (Å²) in [5.74, 6) is 0. The molecule has 1 aromatic carbocycles. The molecule has 0 amide bonds. The van der Waals surface area contributed by atoms with Crippen LogP contribution in [0.15, 0.2) is 22.7 Å². The van der Waals surface area contributed by atoms with Crippen molar-refractivity contribution < 1.29 is 9.84 Å². The van der Waals surface area contributed by atoms with Gasteiger partial charge in [0.05, 0.1) is 18.3 Å². The molecule has 18 heavy (non-hydrogen) atoms. The molecule has 0 saturated carbocycles. The largest absolute Gasteiger partial charge is 0.389 e. The number of ether oxygens (including phenoxy) is 1. The van der Waals surface area contributed by atoms with E-state index in [1.807, 2.05) is 6.07 Å². The molecule has 0 aromatic heterocycles. The van der Waals surface area contributed by atoms with Gasteiger partial charge in [-0.05, 0) is 38.5 Å². The van der Waals surface area contributed by atoms with Gasteiger partial charge in [-0.1, -0.05) is 22.0 Å². The summed E-state index contributed by atoms with van der Waals surface area (Å²) in [6, 6.07) is 6.12. The van der Waals surface area contributed by atoms with Crippen LogP contribution in [0.3, 0.4) is 0 Å². The first-order valence-electron chi connectivity index (χ1n) is 6.35. The molecule has 0 bridgehead atoms. The molecule has 1 fully saturated rings. The average molecular weight is 314 g/mol. The van der Waals surface area contributed by atoms with Gasteiger partial charge in [0, 0.05) is 23.2 Å². The highest BCUT2D eigenvalue weighted by atomic mass is 79.9. The standard InChI is InChI=1S/C14H20BrNO2/c1-9-7-16(8-10(2)18-9)12-4-5-13(11(3)17)14(15)6-12/h4-6,9-11,17H,7-8H2,1-3H3. The third-order valence-electron chi connectivity index (χ3n) is 3.22. The highest BCUT2D eigenvalue weighted by Gasteiger charge is 2.22. The Bertz CT molecular complexity index is 412. The predicted octanol–water partition coefficient (Wildman–Crippen LogP) is 3.12. The number of halogens is 1. The lowest BCUT2D eigenvalue weighted by Gasteiger charge is -2.37. The first kappa shape index (κ1) is 13.8. The van der Waals surface area contributed by atoms with Crippen molar-refractivity contribution in [3.05, 3.63) is 28.2 Å². The molecule has 1 aliphatic heterocycles. The maximum atomic E-state index is 9.63. The van der Waals surface area contributed by atoms with Crippen molar-refractivity contribution in [3.8, 4) is 0 Å². The van der Waals surface area contributed by atoms with Crippen molar-refractivity contribution >= 4 is 21.6 Å². The molecule has 1 saturated heterocycles. The highest BCUT2D eigenvalue weighted by Crippen LogP contribution is 2.29. The second kappa shape index (κ2) is 5.59. The number of hydrogen-bond acceptors (Lipinski definition) is 3. The summed E-state index contributed by atoms with van der Waals surface area (Å²) >= 11 is 3.53. The lowest BCUT2D eigenvalue weighted by atomic mass is 10.1. The minimum absolute atomic E-state index is 0.254. The first-order valence-corrected chi connectivity index (χ1v) is 7.14. The van der Waals surface area contributed by atoms with Crippen molar-refractivity contribution in [1.29, 1.82) is 0 Å². The van der Waals surface area contributed by atoms with E-state index in [-0.39, 0.29) is 12.2 Å². The topological polar surface area (TPSA) is 32.7 Å². The number of nitrogens with zero attached hydrogens (tertiary/aromatic N) is 1. The van der Waals surface area contributed by atoms with Gasteiger partial charge in [-0.3, -0.25) is 0 Å². The highest BCUT2D eigenvalue weighted by molar-refractivity contribution is 9.10. The van der Waals surface area contributed by atoms with Crippen LogP contribution in [-0.2, 0) is 4.74 Å². The summed E-state index contributed by atoms with van der Waals surface area (Å²) < 4.78 is 6.70. The van der Waals surface area contributed by atoms with Crippen LogP contribution in [0.5, 0.6) is 0 Å². The van der Waals surface area contributed by atoms with Crippen molar-refractivity contribution in [2.75, 3.05) is 18.0 Å². The molecular formula is C14H20BrNO2. The maximum absolute atomic E-state index is 9.63.